The van der Waals surface area contributed by atoms with Gasteiger partial charge < -0.3 is 8.83 Å². The van der Waals surface area contributed by atoms with Gasteiger partial charge in [0.25, 0.3) is 0 Å². The Morgan fingerprint density at radius 2 is 0.911 bits per heavy atom. The molecule has 0 unspecified atom stereocenters. The van der Waals surface area contributed by atoms with E-state index in [0.717, 1.165) is 105 Å². The van der Waals surface area contributed by atoms with Gasteiger partial charge in [0.1, 0.15) is 22.3 Å². The van der Waals surface area contributed by atoms with E-state index in [0.29, 0.717) is 5.82 Å². The van der Waals surface area contributed by atoms with Crippen molar-refractivity contribution in [1.29, 1.82) is 0 Å². The minimum atomic E-state index is 0.664. The van der Waals surface area contributed by atoms with Crippen molar-refractivity contribution in [3.63, 3.8) is 0 Å². The number of furan rings is 2. The van der Waals surface area contributed by atoms with Crippen molar-refractivity contribution >= 4 is 43.9 Å². The zero-order valence-corrected chi connectivity index (χ0v) is 30.1. The summed E-state index contributed by atoms with van der Waals surface area (Å²) in [6.07, 6.45) is 1.82. The normalized spacial score (nSPS) is 11.6. The fraction of sp³-hybridized carbons (Fsp3) is 0. The van der Waals surface area contributed by atoms with Crippen molar-refractivity contribution in [2.75, 3.05) is 0 Å². The van der Waals surface area contributed by atoms with E-state index in [1.165, 1.54) is 0 Å². The summed E-state index contributed by atoms with van der Waals surface area (Å²) in [4.78, 5) is 14.7. The third-order valence-corrected chi connectivity index (χ3v) is 10.6. The molecule has 5 nitrogen and oxygen atoms in total. The van der Waals surface area contributed by atoms with E-state index in [1.807, 2.05) is 72.9 Å². The monoisotopic (exact) mass is 717 g/mol. The Hall–Kier alpha value is -7.63. The molecule has 0 atom stereocenters. The van der Waals surface area contributed by atoms with Crippen LogP contribution in [0.2, 0.25) is 0 Å². The predicted octanol–water partition coefficient (Wildman–Crippen LogP) is 13.7. The Balaban J connectivity index is 1.00. The van der Waals surface area contributed by atoms with Crippen LogP contribution in [0.25, 0.3) is 111 Å². The Morgan fingerprint density at radius 1 is 0.339 bits per heavy atom. The summed E-state index contributed by atoms with van der Waals surface area (Å²) in [5.41, 5.74) is 14.4. The zero-order valence-electron chi connectivity index (χ0n) is 30.1. The van der Waals surface area contributed by atoms with Crippen LogP contribution in [0, 0.1) is 0 Å². The molecule has 0 fully saturated rings. The number of benzene rings is 7. The highest BCUT2D eigenvalue weighted by molar-refractivity contribution is 6.17. The molecule has 4 heterocycles. The molecule has 11 aromatic rings. The van der Waals surface area contributed by atoms with Gasteiger partial charge >= 0.3 is 0 Å². The van der Waals surface area contributed by atoms with Crippen LogP contribution < -0.4 is 0 Å². The smallest absolute Gasteiger partial charge is 0.160 e. The maximum Gasteiger partial charge on any atom is 0.160 e. The van der Waals surface area contributed by atoms with Crippen molar-refractivity contribution in [3.8, 4) is 67.4 Å². The third kappa shape index (κ3) is 5.45. The third-order valence-electron chi connectivity index (χ3n) is 10.6. The van der Waals surface area contributed by atoms with E-state index < -0.39 is 0 Å². The van der Waals surface area contributed by atoms with Crippen LogP contribution in [0.4, 0.5) is 0 Å². The van der Waals surface area contributed by atoms with Crippen LogP contribution >= 0.6 is 0 Å². The highest BCUT2D eigenvalue weighted by Gasteiger charge is 2.19. The van der Waals surface area contributed by atoms with Crippen molar-refractivity contribution in [2.24, 2.45) is 0 Å². The first kappa shape index (κ1) is 31.9. The Bertz CT molecular complexity index is 3220. The summed E-state index contributed by atoms with van der Waals surface area (Å²) in [6.45, 7) is 0. The molecule has 5 heteroatoms. The van der Waals surface area contributed by atoms with Crippen LogP contribution in [0.3, 0.4) is 0 Å². The first-order valence-electron chi connectivity index (χ1n) is 18.7. The number of aromatic nitrogens is 3. The van der Waals surface area contributed by atoms with Gasteiger partial charge in [0.15, 0.2) is 5.82 Å². The average molecular weight is 718 g/mol. The minimum Gasteiger partial charge on any atom is -0.456 e. The molecule has 56 heavy (non-hydrogen) atoms. The molecule has 0 N–H and O–H groups in total. The van der Waals surface area contributed by atoms with Crippen LogP contribution in [-0.2, 0) is 0 Å². The summed E-state index contributed by atoms with van der Waals surface area (Å²) < 4.78 is 12.9. The van der Waals surface area contributed by atoms with Gasteiger partial charge in [0.2, 0.25) is 0 Å². The molecule has 0 radical (unpaired) electrons. The number of rotatable bonds is 6. The molecular formula is C51H31N3O2. The molecule has 0 spiro atoms. The first-order valence-corrected chi connectivity index (χ1v) is 18.7. The van der Waals surface area contributed by atoms with E-state index in [2.05, 4.69) is 120 Å². The van der Waals surface area contributed by atoms with E-state index >= 15 is 0 Å². The van der Waals surface area contributed by atoms with E-state index in [1.54, 1.807) is 0 Å². The lowest BCUT2D eigenvalue weighted by atomic mass is 9.94. The molecule has 0 aliphatic rings. The van der Waals surface area contributed by atoms with Crippen molar-refractivity contribution in [3.05, 3.63) is 188 Å². The van der Waals surface area contributed by atoms with Gasteiger partial charge in [-0.2, -0.15) is 0 Å². The highest BCUT2D eigenvalue weighted by atomic mass is 16.3. The molecule has 262 valence electrons. The van der Waals surface area contributed by atoms with Crippen LogP contribution in [-0.4, -0.2) is 15.0 Å². The van der Waals surface area contributed by atoms with Gasteiger partial charge in [-0.25, -0.2) is 9.97 Å². The molecule has 7 aromatic carbocycles. The van der Waals surface area contributed by atoms with Crippen molar-refractivity contribution in [1.82, 2.24) is 15.0 Å². The molecule has 0 aliphatic heterocycles. The number of fused-ring (bicyclic) bond motifs is 6. The maximum atomic E-state index is 6.65. The summed E-state index contributed by atoms with van der Waals surface area (Å²) in [5.74, 6) is 0.664. The lowest BCUT2D eigenvalue weighted by Crippen LogP contribution is -1.96. The van der Waals surface area contributed by atoms with E-state index in [9.17, 15) is 0 Å². The minimum absolute atomic E-state index is 0.664. The lowest BCUT2D eigenvalue weighted by Gasteiger charge is -2.11. The average Bonchev–Trinajstić information content (AvgIpc) is 3.85. The highest BCUT2D eigenvalue weighted by Crippen LogP contribution is 2.43. The first-order chi connectivity index (χ1) is 27.7. The second-order valence-electron chi connectivity index (χ2n) is 14.0. The van der Waals surface area contributed by atoms with Gasteiger partial charge in [-0.1, -0.05) is 133 Å². The van der Waals surface area contributed by atoms with Gasteiger partial charge in [0.05, 0.1) is 17.1 Å². The zero-order chi connectivity index (χ0) is 37.0. The van der Waals surface area contributed by atoms with Crippen molar-refractivity contribution in [2.45, 2.75) is 0 Å². The standard InChI is InChI=1S/C51H31N3O2/c1-2-10-33(11-3-1)44-31-45(35-21-19-34(20-22-35)43-14-8-9-29-52-43)54-51(53-44)36-23-17-32(18-24-36)38-27-28-39(50-49(38)42-13-5-7-16-47(42)56-50)37-25-26-41-40-12-4-6-15-46(40)55-48(41)30-37/h1-31H. The number of hydrogen-bond acceptors (Lipinski definition) is 5. The van der Waals surface area contributed by atoms with Gasteiger partial charge in [-0.05, 0) is 65.2 Å². The van der Waals surface area contributed by atoms with Gasteiger partial charge in [0, 0.05) is 55.6 Å². The van der Waals surface area contributed by atoms with Crippen LogP contribution in [0.1, 0.15) is 0 Å². The Labute approximate surface area is 322 Å². The van der Waals surface area contributed by atoms with Gasteiger partial charge in [-0.3, -0.25) is 4.98 Å². The number of hydrogen-bond donors (Lipinski definition) is 0. The molecule has 0 aliphatic carbocycles. The predicted molar refractivity (Wildman–Crippen MR) is 227 cm³/mol. The number of para-hydroxylation sites is 2. The summed E-state index contributed by atoms with van der Waals surface area (Å²) in [5, 5.41) is 4.37. The topological polar surface area (TPSA) is 65.0 Å². The Kier molecular flexibility index (Phi) is 7.42. The summed E-state index contributed by atoms with van der Waals surface area (Å²) in [6, 6.07) is 62.5. The second kappa shape index (κ2) is 13.0. The van der Waals surface area contributed by atoms with Crippen LogP contribution in [0.15, 0.2) is 197 Å². The number of pyridine rings is 1. The maximum absolute atomic E-state index is 6.65. The summed E-state index contributed by atoms with van der Waals surface area (Å²) in [7, 11) is 0. The quantitative estimate of drug-likeness (QED) is 0.171. The molecule has 0 saturated carbocycles. The molecule has 0 amide bonds. The molecule has 0 saturated heterocycles. The number of nitrogens with zero attached hydrogens (tertiary/aromatic N) is 3. The van der Waals surface area contributed by atoms with Gasteiger partial charge in [-0.15, -0.1) is 0 Å². The summed E-state index contributed by atoms with van der Waals surface area (Å²) >= 11 is 0. The van der Waals surface area contributed by atoms with Crippen LogP contribution in [0.5, 0.6) is 0 Å². The lowest BCUT2D eigenvalue weighted by molar-refractivity contribution is 0.668. The fourth-order valence-electron chi connectivity index (χ4n) is 7.81. The SMILES string of the molecule is c1ccc(-c2cc(-c3ccc(-c4ccccn4)cc3)nc(-c3ccc(-c4ccc(-c5ccc6c(c5)oc5ccccc56)c5oc6ccccc6c45)cc3)n2)cc1. The van der Waals surface area contributed by atoms with Crippen molar-refractivity contribution < 1.29 is 8.83 Å². The molecule has 0 bridgehead atoms. The molecular weight excluding hydrogens is 687 g/mol. The largest absolute Gasteiger partial charge is 0.456 e. The van der Waals surface area contributed by atoms with E-state index in [4.69, 9.17) is 18.8 Å². The van der Waals surface area contributed by atoms with E-state index in [-0.39, 0.29) is 0 Å². The fourth-order valence-corrected chi connectivity index (χ4v) is 7.81. The second-order valence-corrected chi connectivity index (χ2v) is 14.0. The Morgan fingerprint density at radius 3 is 1.66 bits per heavy atom. The molecule has 4 aromatic heterocycles. The molecule has 11 rings (SSSR count).